The van der Waals surface area contributed by atoms with Crippen LogP contribution in [0.3, 0.4) is 0 Å². The molecule has 0 fully saturated rings. The number of fused-ring (bicyclic) bond motifs is 1. The van der Waals surface area contributed by atoms with E-state index in [1.165, 1.54) is 18.2 Å². The van der Waals surface area contributed by atoms with E-state index >= 15 is 0 Å². The third kappa shape index (κ3) is 3.30. The molecule has 140 valence electrons. The zero-order chi connectivity index (χ0) is 19.2. The molecule has 0 spiro atoms. The first kappa shape index (κ1) is 17.3. The molecule has 1 atom stereocenters. The van der Waals surface area contributed by atoms with Crippen LogP contribution in [-0.4, -0.2) is 25.9 Å². The molecule has 8 heteroatoms. The molecule has 0 unspecified atom stereocenters. The van der Waals surface area contributed by atoms with Gasteiger partial charge in [-0.25, -0.2) is 9.07 Å². The lowest BCUT2D eigenvalue weighted by molar-refractivity contribution is 0.0914. The summed E-state index contributed by atoms with van der Waals surface area (Å²) in [5.41, 5.74) is 2.48. The van der Waals surface area contributed by atoms with Crippen molar-refractivity contribution >= 4 is 5.91 Å². The number of aromatic amines is 2. The van der Waals surface area contributed by atoms with Gasteiger partial charge in [-0.1, -0.05) is 13.8 Å². The summed E-state index contributed by atoms with van der Waals surface area (Å²) in [6, 6.07) is 7.16. The maximum atomic E-state index is 13.3. The fourth-order valence-corrected chi connectivity index (χ4v) is 3.67. The number of hydrogen-bond acceptors (Lipinski definition) is 3. The number of carbonyl (C=O) groups excluding carboxylic acids is 1. The van der Waals surface area contributed by atoms with Crippen molar-refractivity contribution in [2.24, 2.45) is 5.41 Å². The largest absolute Gasteiger partial charge is 0.344 e. The molecule has 1 aliphatic carbocycles. The predicted molar refractivity (Wildman–Crippen MR) is 97.2 cm³/mol. The normalized spacial score (nSPS) is 18.1. The summed E-state index contributed by atoms with van der Waals surface area (Å²) in [6.45, 7) is 4.27. The highest BCUT2D eigenvalue weighted by Crippen LogP contribution is 2.41. The first-order valence-electron chi connectivity index (χ1n) is 8.74. The number of nitrogens with zero attached hydrogens (tertiary/aromatic N) is 2. The Morgan fingerprint density at radius 2 is 2.04 bits per heavy atom. The molecule has 4 rings (SSSR count). The standard InChI is InChI=1S/C19H20FN5O2/c1-19(2)8-15(22-18(27)14-7-17(26)24-23-14)13-10-21-25(16(13)9-19)12-5-3-11(20)4-6-12/h3-7,10,15H,8-9H2,1-2H3,(H,22,27)(H2,23,24,26)/t15-/m1/s1. The van der Waals surface area contributed by atoms with Gasteiger partial charge in [0.1, 0.15) is 11.5 Å². The highest BCUT2D eigenvalue weighted by Gasteiger charge is 2.36. The number of amides is 1. The Labute approximate surface area is 154 Å². The van der Waals surface area contributed by atoms with Crippen LogP contribution in [0.5, 0.6) is 0 Å². The highest BCUT2D eigenvalue weighted by atomic mass is 19.1. The van der Waals surface area contributed by atoms with Crippen molar-refractivity contribution in [3.63, 3.8) is 0 Å². The Kier molecular flexibility index (Phi) is 3.98. The van der Waals surface area contributed by atoms with Gasteiger partial charge >= 0.3 is 0 Å². The quantitative estimate of drug-likeness (QED) is 0.662. The van der Waals surface area contributed by atoms with E-state index in [1.54, 1.807) is 23.0 Å². The maximum absolute atomic E-state index is 13.3. The van der Waals surface area contributed by atoms with Crippen LogP contribution in [0.25, 0.3) is 5.69 Å². The van der Waals surface area contributed by atoms with Gasteiger partial charge in [0.15, 0.2) is 0 Å². The molecule has 7 nitrogen and oxygen atoms in total. The van der Waals surface area contributed by atoms with Gasteiger partial charge in [-0.3, -0.25) is 19.8 Å². The molecule has 3 aromatic rings. The fourth-order valence-electron chi connectivity index (χ4n) is 3.67. The molecule has 2 aromatic heterocycles. The minimum Gasteiger partial charge on any atom is -0.344 e. The molecule has 0 radical (unpaired) electrons. The summed E-state index contributed by atoms with van der Waals surface area (Å²) in [6.07, 6.45) is 3.28. The number of hydrogen-bond donors (Lipinski definition) is 3. The summed E-state index contributed by atoms with van der Waals surface area (Å²) in [4.78, 5) is 23.8. The van der Waals surface area contributed by atoms with Crippen LogP contribution < -0.4 is 10.9 Å². The van der Waals surface area contributed by atoms with Crippen molar-refractivity contribution < 1.29 is 9.18 Å². The van der Waals surface area contributed by atoms with Crippen LogP contribution in [0.2, 0.25) is 0 Å². The van der Waals surface area contributed by atoms with Gasteiger partial charge in [-0.05, 0) is 42.5 Å². The van der Waals surface area contributed by atoms with Crippen molar-refractivity contribution in [2.75, 3.05) is 0 Å². The van der Waals surface area contributed by atoms with Crippen molar-refractivity contribution in [1.82, 2.24) is 25.3 Å². The maximum Gasteiger partial charge on any atom is 0.269 e. The second kappa shape index (κ2) is 6.22. The Balaban J connectivity index is 1.69. The van der Waals surface area contributed by atoms with E-state index in [0.29, 0.717) is 0 Å². The molecule has 3 N–H and O–H groups in total. The lowest BCUT2D eigenvalue weighted by atomic mass is 9.74. The number of nitrogens with one attached hydrogen (secondary N) is 3. The summed E-state index contributed by atoms with van der Waals surface area (Å²) in [5, 5.41) is 12.4. The molecule has 0 saturated heterocycles. The molecular formula is C19H20FN5O2. The summed E-state index contributed by atoms with van der Waals surface area (Å²) in [7, 11) is 0. The Morgan fingerprint density at radius 1 is 1.30 bits per heavy atom. The Hall–Kier alpha value is -3.16. The average molecular weight is 369 g/mol. The van der Waals surface area contributed by atoms with Gasteiger partial charge in [-0.2, -0.15) is 5.10 Å². The number of carbonyl (C=O) groups is 1. The Morgan fingerprint density at radius 3 is 2.70 bits per heavy atom. The first-order chi connectivity index (χ1) is 12.8. The molecule has 1 aromatic carbocycles. The van der Waals surface area contributed by atoms with Crippen molar-refractivity contribution in [2.45, 2.75) is 32.7 Å². The highest BCUT2D eigenvalue weighted by molar-refractivity contribution is 5.92. The molecule has 1 aliphatic rings. The third-order valence-electron chi connectivity index (χ3n) is 4.90. The van der Waals surface area contributed by atoms with Crippen LogP contribution in [0.1, 0.15) is 48.1 Å². The van der Waals surface area contributed by atoms with Crippen LogP contribution in [-0.2, 0) is 6.42 Å². The van der Waals surface area contributed by atoms with Gasteiger partial charge in [0, 0.05) is 11.6 Å². The zero-order valence-electron chi connectivity index (χ0n) is 15.0. The van der Waals surface area contributed by atoms with E-state index in [-0.39, 0.29) is 34.4 Å². The van der Waals surface area contributed by atoms with Crippen molar-refractivity contribution in [3.05, 3.63) is 69.7 Å². The minimum atomic E-state index is -0.353. The van der Waals surface area contributed by atoms with E-state index in [1.807, 2.05) is 0 Å². The van der Waals surface area contributed by atoms with E-state index in [0.717, 1.165) is 29.8 Å². The molecule has 0 saturated carbocycles. The number of aromatic nitrogens is 4. The smallest absolute Gasteiger partial charge is 0.269 e. The van der Waals surface area contributed by atoms with Gasteiger partial charge in [0.2, 0.25) is 0 Å². The van der Waals surface area contributed by atoms with E-state index in [9.17, 15) is 14.0 Å². The lowest BCUT2D eigenvalue weighted by Gasteiger charge is -2.35. The van der Waals surface area contributed by atoms with E-state index in [4.69, 9.17) is 0 Å². The number of rotatable bonds is 3. The number of H-pyrrole nitrogens is 2. The van der Waals surface area contributed by atoms with E-state index in [2.05, 4.69) is 34.5 Å². The van der Waals surface area contributed by atoms with Crippen LogP contribution in [0, 0.1) is 11.2 Å². The topological polar surface area (TPSA) is 95.6 Å². The van der Waals surface area contributed by atoms with Gasteiger partial charge in [-0.15, -0.1) is 0 Å². The van der Waals surface area contributed by atoms with Gasteiger partial charge in [0.25, 0.3) is 11.5 Å². The second-order valence-corrected chi connectivity index (χ2v) is 7.68. The van der Waals surface area contributed by atoms with E-state index < -0.39 is 0 Å². The number of halogens is 1. The van der Waals surface area contributed by atoms with Crippen molar-refractivity contribution in [3.8, 4) is 5.69 Å². The molecular weight excluding hydrogens is 349 g/mol. The minimum absolute atomic E-state index is 0.0612. The number of benzene rings is 1. The molecule has 0 aliphatic heterocycles. The molecule has 0 bridgehead atoms. The molecule has 27 heavy (non-hydrogen) atoms. The van der Waals surface area contributed by atoms with Crippen LogP contribution in [0.4, 0.5) is 4.39 Å². The summed E-state index contributed by atoms with van der Waals surface area (Å²) >= 11 is 0. The lowest BCUT2D eigenvalue weighted by Crippen LogP contribution is -2.37. The first-order valence-corrected chi connectivity index (χ1v) is 8.74. The third-order valence-corrected chi connectivity index (χ3v) is 4.90. The summed E-state index contributed by atoms with van der Waals surface area (Å²) in [5.74, 6) is -0.651. The predicted octanol–water partition coefficient (Wildman–Crippen LogP) is 2.47. The average Bonchev–Trinajstić information content (AvgIpc) is 3.21. The fraction of sp³-hybridized carbons (Fsp3) is 0.316. The molecule has 1 amide bonds. The monoisotopic (exact) mass is 369 g/mol. The van der Waals surface area contributed by atoms with Gasteiger partial charge in [0.05, 0.1) is 23.6 Å². The summed E-state index contributed by atoms with van der Waals surface area (Å²) < 4.78 is 15.1. The van der Waals surface area contributed by atoms with Gasteiger partial charge < -0.3 is 5.32 Å². The molecule has 2 heterocycles. The van der Waals surface area contributed by atoms with Crippen LogP contribution in [0.15, 0.2) is 41.3 Å². The van der Waals surface area contributed by atoms with Crippen molar-refractivity contribution in [1.29, 1.82) is 0 Å². The Bertz CT molecular complexity index is 1040. The second-order valence-electron chi connectivity index (χ2n) is 7.68. The zero-order valence-corrected chi connectivity index (χ0v) is 15.0. The SMILES string of the molecule is CC1(C)Cc2c(cnn2-c2ccc(F)cc2)[C@H](NC(=O)c2cc(=O)[nH][nH]2)C1. The van der Waals surface area contributed by atoms with Crippen LogP contribution >= 0.6 is 0 Å².